The van der Waals surface area contributed by atoms with Crippen LogP contribution in [0.25, 0.3) is 22.3 Å². The van der Waals surface area contributed by atoms with E-state index in [0.717, 1.165) is 0 Å². The molecule has 0 aliphatic carbocycles. The minimum absolute atomic E-state index is 0. The maximum absolute atomic E-state index is 11.2. The quantitative estimate of drug-likeness (QED) is 0.0960. The van der Waals surface area contributed by atoms with Gasteiger partial charge in [-0.2, -0.15) is 9.97 Å². The van der Waals surface area contributed by atoms with Crippen LogP contribution in [0.2, 0.25) is 0 Å². The summed E-state index contributed by atoms with van der Waals surface area (Å²) in [5.41, 5.74) is 11.7. The average Bonchev–Trinajstić information content (AvgIpc) is 3.15. The molecule has 234 valence electrons. The summed E-state index contributed by atoms with van der Waals surface area (Å²) in [6, 6.07) is 0. The van der Waals surface area contributed by atoms with E-state index in [-0.39, 0.29) is 72.8 Å². The van der Waals surface area contributed by atoms with Gasteiger partial charge in [0, 0.05) is 14.1 Å². The first-order valence-corrected chi connectivity index (χ1v) is 10.4. The molecule has 0 aliphatic rings. The van der Waals surface area contributed by atoms with Crippen molar-refractivity contribution in [3.8, 4) is 0 Å². The predicted octanol–water partition coefficient (Wildman–Crippen LogP) is -13.2. The van der Waals surface area contributed by atoms with E-state index in [1.807, 2.05) is 0 Å². The Morgan fingerprint density at radius 2 is 0.900 bits per heavy atom. The summed E-state index contributed by atoms with van der Waals surface area (Å²) in [6.07, 6.45) is 3.04. The van der Waals surface area contributed by atoms with Gasteiger partial charge in [0.05, 0.1) is 12.7 Å². The van der Waals surface area contributed by atoms with Gasteiger partial charge in [0.2, 0.25) is 11.9 Å². The second kappa shape index (κ2) is 20.0. The molecule has 0 atom stereocenters. The molecule has 0 spiro atoms. The van der Waals surface area contributed by atoms with Crippen molar-refractivity contribution in [1.29, 1.82) is 0 Å². The first-order chi connectivity index (χ1) is 15.4. The molecular formula is C12H26Cl2N12O13Pt+2. The van der Waals surface area contributed by atoms with Gasteiger partial charge in [0.1, 0.15) is 0 Å². The Hall–Kier alpha value is -2.95. The van der Waals surface area contributed by atoms with Crippen LogP contribution >= 0.6 is 0 Å². The summed E-state index contributed by atoms with van der Waals surface area (Å²) < 4.78 is 71.1. The molecule has 18 N–H and O–H groups in total. The number of fused-ring (bicyclic) bond motifs is 2. The van der Waals surface area contributed by atoms with Crippen molar-refractivity contribution in [2.45, 2.75) is 0 Å². The van der Waals surface area contributed by atoms with Crippen molar-refractivity contribution >= 4 is 34.2 Å². The van der Waals surface area contributed by atoms with Gasteiger partial charge in [-0.25, -0.2) is 47.2 Å². The standard InChI is InChI=1S/2C6H7N5O.2ClHO4.2H3N.3H2O.Pt/c2*1-11-2-8-4-3(11)5(12)10-6(7)9-4;2*2-1(3,4)5;;;;;;/h2*2H,1H3,(H3,7,9,10,12);2*(H,2,3,4,5);2*1H3;3*1H2;/q;;;;;;;;;+4/p-2. The van der Waals surface area contributed by atoms with E-state index >= 15 is 0 Å². The number of nitrogens with two attached hydrogens (primary N) is 2. The molecule has 0 saturated carbocycles. The molecule has 0 radical (unpaired) electrons. The zero-order valence-electron chi connectivity index (χ0n) is 20.1. The topological polar surface area (TPSA) is 528 Å². The SMILES string of the molecule is Cn1cnc2nc(N)[nH]c(=O)c21.Cn1cnc2nc(N)[nH]c(=O)c21.N.N.O.O.O.[O-][Cl+3]([O-])([O-])[O-].[O-][Cl+3]([O-])([O-])[O-].[Pt+4]. The Morgan fingerprint density at radius 3 is 1.12 bits per heavy atom. The maximum Gasteiger partial charge on any atom is 4.00 e. The van der Waals surface area contributed by atoms with E-state index in [1.54, 1.807) is 23.2 Å². The van der Waals surface area contributed by atoms with Crippen LogP contribution in [0.1, 0.15) is 0 Å². The third-order valence-electron chi connectivity index (χ3n) is 3.20. The van der Waals surface area contributed by atoms with Crippen LogP contribution in [0.15, 0.2) is 22.2 Å². The minimum atomic E-state index is -4.94. The summed E-state index contributed by atoms with van der Waals surface area (Å²) in [4.78, 5) is 42.7. The Morgan fingerprint density at radius 1 is 0.675 bits per heavy atom. The Balaban J connectivity index is -0.0000000984. The largest absolute Gasteiger partial charge is 4.00 e. The van der Waals surface area contributed by atoms with Crippen LogP contribution in [-0.2, 0) is 35.2 Å². The first kappa shape index (κ1) is 49.9. The number of hydrogen-bond donors (Lipinski definition) is 6. The van der Waals surface area contributed by atoms with Crippen molar-refractivity contribution in [2.24, 2.45) is 14.1 Å². The number of halogens is 2. The molecule has 0 bridgehead atoms. The predicted molar refractivity (Wildman–Crippen MR) is 108 cm³/mol. The summed E-state index contributed by atoms with van der Waals surface area (Å²) in [5.74, 6) is 0.178. The van der Waals surface area contributed by atoms with E-state index in [9.17, 15) is 9.59 Å². The number of aryl methyl sites for hydroxylation is 2. The van der Waals surface area contributed by atoms with Crippen molar-refractivity contribution < 1.29 is 95.3 Å². The number of nitrogens with one attached hydrogen (secondary N) is 2. The smallest absolute Gasteiger partial charge is 0.412 e. The summed E-state index contributed by atoms with van der Waals surface area (Å²) in [6.45, 7) is 0. The Bertz CT molecular complexity index is 1250. The summed E-state index contributed by atoms with van der Waals surface area (Å²) in [5, 5.41) is 0. The van der Waals surface area contributed by atoms with Gasteiger partial charge in [-0.15, -0.1) is 20.5 Å². The van der Waals surface area contributed by atoms with E-state index in [0.29, 0.717) is 22.3 Å². The number of anilines is 2. The minimum Gasteiger partial charge on any atom is -0.412 e. The first-order valence-electron chi connectivity index (χ1n) is 7.94. The van der Waals surface area contributed by atoms with Gasteiger partial charge in [0.25, 0.3) is 11.1 Å². The van der Waals surface area contributed by atoms with Crippen molar-refractivity contribution in [2.75, 3.05) is 11.5 Å². The molecule has 4 aromatic rings. The fraction of sp³-hybridized carbons (Fsp3) is 0.167. The number of hydrogen-bond acceptors (Lipinski definition) is 18. The normalized spacial score (nSPS) is 9.45. The summed E-state index contributed by atoms with van der Waals surface area (Å²) >= 11 is 0. The van der Waals surface area contributed by atoms with Crippen LogP contribution in [0.3, 0.4) is 0 Å². The Labute approximate surface area is 239 Å². The molecule has 0 aliphatic heterocycles. The zero-order chi connectivity index (χ0) is 26.4. The van der Waals surface area contributed by atoms with Crippen molar-refractivity contribution in [1.82, 2.24) is 51.3 Å². The molecule has 0 unspecified atom stereocenters. The van der Waals surface area contributed by atoms with Gasteiger partial charge in [-0.05, 0) is 0 Å². The van der Waals surface area contributed by atoms with Crippen LogP contribution in [0.5, 0.6) is 0 Å². The van der Waals surface area contributed by atoms with Crippen molar-refractivity contribution in [3.63, 3.8) is 0 Å². The third-order valence-corrected chi connectivity index (χ3v) is 3.20. The number of imidazole rings is 2. The number of rotatable bonds is 0. The van der Waals surface area contributed by atoms with E-state index in [4.69, 9.17) is 48.7 Å². The van der Waals surface area contributed by atoms with E-state index < -0.39 is 20.5 Å². The van der Waals surface area contributed by atoms with Gasteiger partial charge in [0.15, 0.2) is 22.3 Å². The monoisotopic (exact) mass is 811 g/mol. The zero-order valence-corrected chi connectivity index (χ0v) is 23.8. The van der Waals surface area contributed by atoms with Crippen LogP contribution in [-0.4, -0.2) is 55.5 Å². The van der Waals surface area contributed by atoms with Crippen LogP contribution in [0, 0.1) is 20.5 Å². The molecule has 0 aromatic carbocycles. The molecule has 4 aromatic heterocycles. The molecule has 28 heteroatoms. The molecule has 4 rings (SSSR count). The molecule has 0 saturated heterocycles. The van der Waals surface area contributed by atoms with Crippen LogP contribution < -0.4 is 72.2 Å². The van der Waals surface area contributed by atoms with Crippen LogP contribution in [0.4, 0.5) is 11.9 Å². The number of aromatic nitrogens is 8. The number of nitrogen functional groups attached to an aromatic ring is 2. The molecule has 0 fully saturated rings. The molecule has 0 amide bonds. The maximum atomic E-state index is 11.2. The number of aromatic amines is 2. The van der Waals surface area contributed by atoms with Gasteiger partial charge >= 0.3 is 21.1 Å². The second-order valence-electron chi connectivity index (χ2n) is 5.71. The molecule has 25 nitrogen and oxygen atoms in total. The number of nitrogens with zero attached hydrogens (tertiary/aromatic N) is 6. The van der Waals surface area contributed by atoms with Crippen molar-refractivity contribution in [3.05, 3.63) is 33.4 Å². The fourth-order valence-corrected chi connectivity index (χ4v) is 2.16. The molecule has 40 heavy (non-hydrogen) atoms. The van der Waals surface area contributed by atoms with Gasteiger partial charge in [-0.1, -0.05) is 0 Å². The summed E-state index contributed by atoms with van der Waals surface area (Å²) in [7, 11) is -6.44. The fourth-order valence-electron chi connectivity index (χ4n) is 2.16. The van der Waals surface area contributed by atoms with E-state index in [1.165, 1.54) is 12.7 Å². The average molecular weight is 812 g/mol. The number of H-pyrrole nitrogens is 2. The molecule has 4 heterocycles. The van der Waals surface area contributed by atoms with Gasteiger partial charge in [-0.3, -0.25) is 19.6 Å². The molecular weight excluding hydrogens is 786 g/mol. The van der Waals surface area contributed by atoms with Gasteiger partial charge < -0.3 is 49.3 Å². The third kappa shape index (κ3) is 18.4. The second-order valence-corrected chi connectivity index (χ2v) is 7.23. The Kier molecular flexibility index (Phi) is 25.0. The van der Waals surface area contributed by atoms with E-state index in [2.05, 4.69) is 29.9 Å².